The zero-order valence-corrected chi connectivity index (χ0v) is 9.35. The fourth-order valence-corrected chi connectivity index (χ4v) is 2.00. The van der Waals surface area contributed by atoms with E-state index in [0.717, 1.165) is 6.42 Å². The van der Waals surface area contributed by atoms with E-state index in [-0.39, 0.29) is 0 Å². The molecule has 2 rings (SSSR count). The van der Waals surface area contributed by atoms with E-state index in [0.29, 0.717) is 6.04 Å². The second kappa shape index (κ2) is 4.35. The molecular weight excluding hydrogens is 182 g/mol. The highest BCUT2D eigenvalue weighted by molar-refractivity contribution is 5.21. The maximum atomic E-state index is 2.34. The Morgan fingerprint density at radius 1 is 1.07 bits per heavy atom. The molecule has 0 amide bonds. The Morgan fingerprint density at radius 2 is 1.80 bits per heavy atom. The summed E-state index contributed by atoms with van der Waals surface area (Å²) in [6.45, 7) is 4.44. The van der Waals surface area contributed by atoms with Gasteiger partial charge in [0.2, 0.25) is 0 Å². The molecule has 0 saturated heterocycles. The number of aromatic nitrogens is 1. The minimum atomic E-state index is 0.427. The number of hydrogen-bond acceptors (Lipinski definition) is 0. The van der Waals surface area contributed by atoms with Crippen molar-refractivity contribution in [3.05, 3.63) is 59.9 Å². The minimum Gasteiger partial charge on any atom is -0.344 e. The first kappa shape index (κ1) is 10.0. The summed E-state index contributed by atoms with van der Waals surface area (Å²) in [5, 5.41) is 0. The molecule has 1 nitrogen and oxygen atoms in total. The van der Waals surface area contributed by atoms with Gasteiger partial charge < -0.3 is 4.57 Å². The third kappa shape index (κ3) is 1.96. The molecule has 1 atom stereocenters. The molecule has 1 heterocycles. The van der Waals surface area contributed by atoms with E-state index in [2.05, 4.69) is 67.1 Å². The molecule has 0 saturated carbocycles. The lowest BCUT2D eigenvalue weighted by Gasteiger charge is -2.17. The fraction of sp³-hybridized carbons (Fsp3) is 0.286. The largest absolute Gasteiger partial charge is 0.344 e. The quantitative estimate of drug-likeness (QED) is 0.711. The van der Waals surface area contributed by atoms with Crippen molar-refractivity contribution < 1.29 is 0 Å². The summed E-state index contributed by atoms with van der Waals surface area (Å²) < 4.78 is 2.34. The monoisotopic (exact) mass is 199 g/mol. The second-order valence-corrected chi connectivity index (χ2v) is 3.85. The van der Waals surface area contributed by atoms with Crippen molar-refractivity contribution in [2.75, 3.05) is 0 Å². The molecule has 0 aliphatic heterocycles. The number of rotatable bonds is 3. The molecule has 0 fully saturated rings. The predicted octanol–water partition coefficient (Wildman–Crippen LogP) is 3.66. The van der Waals surface area contributed by atoms with Gasteiger partial charge >= 0.3 is 0 Å². The van der Waals surface area contributed by atoms with Gasteiger partial charge in [-0.05, 0) is 31.0 Å². The molecule has 0 N–H and O–H groups in total. The standard InChI is InChI=1S/C14H17N/c1-3-14-10-7-11-15(14)12(2)13-8-5-4-6-9-13/h4-12H,3H2,1-2H3/t12-/m1/s1. The molecule has 1 aromatic carbocycles. The molecule has 1 heteroatoms. The lowest BCUT2D eigenvalue weighted by atomic mass is 10.1. The van der Waals surface area contributed by atoms with Gasteiger partial charge in [0.05, 0.1) is 6.04 Å². The summed E-state index contributed by atoms with van der Waals surface area (Å²) in [4.78, 5) is 0. The summed E-state index contributed by atoms with van der Waals surface area (Å²) in [5.74, 6) is 0. The molecule has 78 valence electrons. The van der Waals surface area contributed by atoms with Crippen LogP contribution in [-0.2, 0) is 6.42 Å². The van der Waals surface area contributed by atoms with E-state index in [4.69, 9.17) is 0 Å². The van der Waals surface area contributed by atoms with Gasteiger partial charge in [-0.1, -0.05) is 37.3 Å². The first-order valence-electron chi connectivity index (χ1n) is 5.53. The summed E-state index contributed by atoms with van der Waals surface area (Å²) in [6.07, 6.45) is 3.25. The van der Waals surface area contributed by atoms with Crippen molar-refractivity contribution in [1.82, 2.24) is 4.57 Å². The summed E-state index contributed by atoms with van der Waals surface area (Å²) in [6, 6.07) is 15.4. The van der Waals surface area contributed by atoms with Gasteiger partial charge in [0.15, 0.2) is 0 Å². The Hall–Kier alpha value is -1.50. The topological polar surface area (TPSA) is 4.93 Å². The Bertz CT molecular complexity index is 414. The average Bonchev–Trinajstić information content (AvgIpc) is 2.77. The molecule has 0 unspecified atom stereocenters. The van der Waals surface area contributed by atoms with E-state index in [1.54, 1.807) is 0 Å². The van der Waals surface area contributed by atoms with Crippen molar-refractivity contribution in [3.63, 3.8) is 0 Å². The van der Waals surface area contributed by atoms with Gasteiger partial charge in [0.25, 0.3) is 0 Å². The van der Waals surface area contributed by atoms with Crippen LogP contribution in [0.1, 0.15) is 31.1 Å². The minimum absolute atomic E-state index is 0.427. The van der Waals surface area contributed by atoms with Crippen LogP contribution in [0.15, 0.2) is 48.7 Å². The first-order valence-corrected chi connectivity index (χ1v) is 5.53. The van der Waals surface area contributed by atoms with Crippen LogP contribution in [0.4, 0.5) is 0 Å². The van der Waals surface area contributed by atoms with Crippen molar-refractivity contribution in [2.24, 2.45) is 0 Å². The van der Waals surface area contributed by atoms with Crippen molar-refractivity contribution in [2.45, 2.75) is 26.3 Å². The highest BCUT2D eigenvalue weighted by Crippen LogP contribution is 2.20. The summed E-state index contributed by atoms with van der Waals surface area (Å²) in [7, 11) is 0. The zero-order valence-electron chi connectivity index (χ0n) is 9.35. The number of benzene rings is 1. The molecule has 0 aliphatic carbocycles. The van der Waals surface area contributed by atoms with Crippen LogP contribution < -0.4 is 0 Å². The Morgan fingerprint density at radius 3 is 2.47 bits per heavy atom. The molecule has 0 radical (unpaired) electrons. The van der Waals surface area contributed by atoms with E-state index in [1.807, 2.05) is 0 Å². The lowest BCUT2D eigenvalue weighted by Crippen LogP contribution is -2.08. The van der Waals surface area contributed by atoms with Gasteiger partial charge in [-0.3, -0.25) is 0 Å². The van der Waals surface area contributed by atoms with Gasteiger partial charge in [0.1, 0.15) is 0 Å². The molecule has 0 aliphatic rings. The van der Waals surface area contributed by atoms with Crippen LogP contribution in [0.25, 0.3) is 0 Å². The number of hydrogen-bond donors (Lipinski definition) is 0. The van der Waals surface area contributed by atoms with Crippen LogP contribution >= 0.6 is 0 Å². The van der Waals surface area contributed by atoms with Gasteiger partial charge in [0, 0.05) is 11.9 Å². The van der Waals surface area contributed by atoms with E-state index >= 15 is 0 Å². The molecular formula is C14H17N. The highest BCUT2D eigenvalue weighted by atomic mass is 15.0. The third-order valence-electron chi connectivity index (χ3n) is 2.93. The molecule has 0 spiro atoms. The Labute approximate surface area is 91.4 Å². The van der Waals surface area contributed by atoms with Crippen LogP contribution in [-0.4, -0.2) is 4.57 Å². The predicted molar refractivity (Wildman–Crippen MR) is 64.1 cm³/mol. The lowest BCUT2D eigenvalue weighted by molar-refractivity contribution is 0.615. The zero-order chi connectivity index (χ0) is 10.7. The SMILES string of the molecule is CCc1cccn1[C@H](C)c1ccccc1. The maximum absolute atomic E-state index is 2.34. The van der Waals surface area contributed by atoms with Crippen LogP contribution in [0, 0.1) is 0 Å². The van der Waals surface area contributed by atoms with Gasteiger partial charge in [-0.15, -0.1) is 0 Å². The van der Waals surface area contributed by atoms with Crippen molar-refractivity contribution >= 4 is 0 Å². The van der Waals surface area contributed by atoms with Crippen LogP contribution in [0.5, 0.6) is 0 Å². The van der Waals surface area contributed by atoms with E-state index in [9.17, 15) is 0 Å². The highest BCUT2D eigenvalue weighted by Gasteiger charge is 2.08. The number of aryl methyl sites for hydroxylation is 1. The van der Waals surface area contributed by atoms with Crippen LogP contribution in [0.2, 0.25) is 0 Å². The Balaban J connectivity index is 2.32. The smallest absolute Gasteiger partial charge is 0.0554 e. The Kier molecular flexibility index (Phi) is 2.91. The van der Waals surface area contributed by atoms with E-state index < -0.39 is 0 Å². The first-order chi connectivity index (χ1) is 7.33. The summed E-state index contributed by atoms with van der Waals surface area (Å²) in [5.41, 5.74) is 2.76. The maximum Gasteiger partial charge on any atom is 0.0554 e. The summed E-state index contributed by atoms with van der Waals surface area (Å²) >= 11 is 0. The van der Waals surface area contributed by atoms with Gasteiger partial charge in [-0.25, -0.2) is 0 Å². The number of nitrogens with zero attached hydrogens (tertiary/aromatic N) is 1. The fourth-order valence-electron chi connectivity index (χ4n) is 2.00. The third-order valence-corrected chi connectivity index (χ3v) is 2.93. The van der Waals surface area contributed by atoms with Crippen molar-refractivity contribution in [1.29, 1.82) is 0 Å². The van der Waals surface area contributed by atoms with Gasteiger partial charge in [-0.2, -0.15) is 0 Å². The van der Waals surface area contributed by atoms with E-state index in [1.165, 1.54) is 11.3 Å². The molecule has 15 heavy (non-hydrogen) atoms. The second-order valence-electron chi connectivity index (χ2n) is 3.85. The van der Waals surface area contributed by atoms with Crippen molar-refractivity contribution in [3.8, 4) is 0 Å². The molecule has 1 aromatic heterocycles. The van der Waals surface area contributed by atoms with Crippen LogP contribution in [0.3, 0.4) is 0 Å². The normalized spacial score (nSPS) is 12.7. The molecule has 0 bridgehead atoms. The molecule has 2 aromatic rings. The average molecular weight is 199 g/mol.